The van der Waals surface area contributed by atoms with Crippen LogP contribution in [0.1, 0.15) is 21.5 Å². The van der Waals surface area contributed by atoms with Gasteiger partial charge in [-0.1, -0.05) is 40.9 Å². The molecule has 2 aromatic carbocycles. The Hall–Kier alpha value is -1.82. The maximum Gasteiger partial charge on any atom is 0.343 e. The van der Waals surface area contributed by atoms with Crippen LogP contribution in [0, 0.1) is 17.0 Å². The van der Waals surface area contributed by atoms with E-state index >= 15 is 0 Å². The number of hydrogen-bond acceptors (Lipinski definition) is 4. The quantitative estimate of drug-likeness (QED) is 0.242. The molecule has 0 N–H and O–H groups in total. The summed E-state index contributed by atoms with van der Waals surface area (Å²) in [5, 5.41) is 10.6. The van der Waals surface area contributed by atoms with Gasteiger partial charge in [-0.2, -0.15) is 0 Å². The number of ether oxygens (including phenoxy) is 1. The van der Waals surface area contributed by atoms with Crippen LogP contribution in [0.4, 0.5) is 5.69 Å². The minimum absolute atomic E-state index is 0.105. The molecule has 0 atom stereocenters. The van der Waals surface area contributed by atoms with E-state index in [9.17, 15) is 14.9 Å². The third kappa shape index (κ3) is 5.09. The Bertz CT molecular complexity index is 770. The number of nitro groups is 1. The number of nitro benzene ring substituents is 1. The van der Waals surface area contributed by atoms with Crippen LogP contribution in [0.2, 0.25) is 0 Å². The number of hydrogen-bond donors (Lipinski definition) is 0. The van der Waals surface area contributed by atoms with Crippen LogP contribution in [0.3, 0.4) is 0 Å². The van der Waals surface area contributed by atoms with Crippen molar-refractivity contribution >= 4 is 46.5 Å². The summed E-state index contributed by atoms with van der Waals surface area (Å²) in [6, 6.07) is 10.1. The summed E-state index contributed by atoms with van der Waals surface area (Å²) in [4.78, 5) is 22.2. The van der Waals surface area contributed by atoms with Gasteiger partial charge in [-0.05, 0) is 42.3 Å². The molecule has 0 aromatic heterocycles. The van der Waals surface area contributed by atoms with Gasteiger partial charge in [0.1, 0.15) is 5.75 Å². The molecule has 24 heavy (non-hydrogen) atoms. The minimum atomic E-state index is -1.45. The summed E-state index contributed by atoms with van der Waals surface area (Å²) in [5.41, 5.74) is 1.73. The summed E-state index contributed by atoms with van der Waals surface area (Å²) in [5.74, 6) is -0.332. The fourth-order valence-electron chi connectivity index (χ4n) is 2.00. The lowest BCUT2D eigenvalue weighted by molar-refractivity contribution is -0.384. The molecular formula is C16H12Cl3NO4. The van der Waals surface area contributed by atoms with Crippen LogP contribution in [-0.4, -0.2) is 14.7 Å². The highest BCUT2D eigenvalue weighted by atomic mass is 35.6. The highest BCUT2D eigenvalue weighted by molar-refractivity contribution is 6.67. The average Bonchev–Trinajstić information content (AvgIpc) is 2.49. The predicted molar refractivity (Wildman–Crippen MR) is 93.2 cm³/mol. The molecule has 0 unspecified atom stereocenters. The third-order valence-electron chi connectivity index (χ3n) is 3.24. The van der Waals surface area contributed by atoms with Crippen molar-refractivity contribution in [2.24, 2.45) is 0 Å². The van der Waals surface area contributed by atoms with E-state index < -0.39 is 14.7 Å². The van der Waals surface area contributed by atoms with Crippen molar-refractivity contribution in [3.63, 3.8) is 0 Å². The fraction of sp³-hybridized carbons (Fsp3) is 0.188. The molecule has 2 rings (SSSR count). The minimum Gasteiger partial charge on any atom is -0.423 e. The number of non-ortho nitro benzene ring substituents is 1. The Kier molecular flexibility index (Phi) is 5.70. The number of carbonyl (C=O) groups is 1. The zero-order chi connectivity index (χ0) is 17.9. The maximum absolute atomic E-state index is 12.1. The second kappa shape index (κ2) is 7.38. The molecule has 0 aliphatic carbocycles. The molecule has 0 radical (unpaired) electrons. The lowest BCUT2D eigenvalue weighted by Crippen LogP contribution is -2.11. The van der Waals surface area contributed by atoms with Crippen molar-refractivity contribution in [2.45, 2.75) is 17.1 Å². The summed E-state index contributed by atoms with van der Waals surface area (Å²) in [6.07, 6.45) is 0.173. The highest BCUT2D eigenvalue weighted by Crippen LogP contribution is 2.32. The molecule has 0 heterocycles. The second-order valence-electron chi connectivity index (χ2n) is 5.07. The molecule has 2 aromatic rings. The molecule has 0 spiro atoms. The van der Waals surface area contributed by atoms with E-state index in [2.05, 4.69) is 0 Å². The number of benzene rings is 2. The zero-order valence-corrected chi connectivity index (χ0v) is 14.7. The zero-order valence-electron chi connectivity index (χ0n) is 12.5. The summed E-state index contributed by atoms with van der Waals surface area (Å²) in [6.45, 7) is 1.85. The Labute approximate surface area is 153 Å². The first-order chi connectivity index (χ1) is 11.2. The van der Waals surface area contributed by atoms with Gasteiger partial charge in [0.15, 0.2) is 3.79 Å². The van der Waals surface area contributed by atoms with Crippen LogP contribution in [0.5, 0.6) is 5.75 Å². The molecule has 0 saturated heterocycles. The van der Waals surface area contributed by atoms with Gasteiger partial charge in [-0.3, -0.25) is 10.1 Å². The van der Waals surface area contributed by atoms with Crippen molar-refractivity contribution in [1.29, 1.82) is 0 Å². The first kappa shape index (κ1) is 18.5. The van der Waals surface area contributed by atoms with Crippen LogP contribution >= 0.6 is 34.8 Å². The molecule has 5 nitrogen and oxygen atoms in total. The van der Waals surface area contributed by atoms with Gasteiger partial charge in [0.25, 0.3) is 5.69 Å². The number of carbonyl (C=O) groups excluding carboxylic acids is 1. The highest BCUT2D eigenvalue weighted by Gasteiger charge is 2.22. The van der Waals surface area contributed by atoms with Gasteiger partial charge in [0.05, 0.1) is 10.5 Å². The number of alkyl halides is 3. The van der Waals surface area contributed by atoms with E-state index in [1.165, 1.54) is 24.3 Å². The van der Waals surface area contributed by atoms with Crippen molar-refractivity contribution in [3.8, 4) is 5.75 Å². The van der Waals surface area contributed by atoms with Crippen molar-refractivity contribution < 1.29 is 14.5 Å². The number of aryl methyl sites for hydroxylation is 1. The molecule has 0 fully saturated rings. The van der Waals surface area contributed by atoms with Crippen LogP contribution in [-0.2, 0) is 6.42 Å². The molecule has 0 amide bonds. The van der Waals surface area contributed by atoms with Crippen LogP contribution in [0.25, 0.3) is 0 Å². The third-order valence-corrected chi connectivity index (χ3v) is 3.64. The largest absolute Gasteiger partial charge is 0.423 e. The predicted octanol–water partition coefficient (Wildman–Crippen LogP) is 5.04. The van der Waals surface area contributed by atoms with Gasteiger partial charge in [0.2, 0.25) is 0 Å². The van der Waals surface area contributed by atoms with E-state index in [1.807, 2.05) is 6.92 Å². The molecule has 0 saturated carbocycles. The van der Waals surface area contributed by atoms with E-state index in [0.717, 1.165) is 11.1 Å². The standard InChI is InChI=1S/C16H12Cl3NO4/c1-10-2-7-14(8-12(10)9-16(17,18)19)24-15(21)11-3-5-13(6-4-11)20(22)23/h2-8H,9H2,1H3. The molecule has 0 aliphatic rings. The molecule has 126 valence electrons. The van der Waals surface area contributed by atoms with Crippen molar-refractivity contribution in [2.75, 3.05) is 0 Å². The van der Waals surface area contributed by atoms with Crippen molar-refractivity contribution in [3.05, 3.63) is 69.3 Å². The normalized spacial score (nSPS) is 11.2. The summed E-state index contributed by atoms with van der Waals surface area (Å²) < 4.78 is 3.82. The topological polar surface area (TPSA) is 69.4 Å². The van der Waals surface area contributed by atoms with Gasteiger partial charge in [-0.25, -0.2) is 4.79 Å². The number of esters is 1. The Morgan fingerprint density at radius 3 is 2.33 bits per heavy atom. The van der Waals surface area contributed by atoms with E-state index in [-0.39, 0.29) is 17.7 Å². The first-order valence-electron chi connectivity index (χ1n) is 6.78. The molecule has 0 aliphatic heterocycles. The van der Waals surface area contributed by atoms with Gasteiger partial charge in [-0.15, -0.1) is 0 Å². The van der Waals surface area contributed by atoms with Crippen molar-refractivity contribution in [1.82, 2.24) is 0 Å². The van der Waals surface area contributed by atoms with E-state index in [0.29, 0.717) is 5.75 Å². The van der Waals surface area contributed by atoms with Crippen LogP contribution in [0.15, 0.2) is 42.5 Å². The summed E-state index contributed by atoms with van der Waals surface area (Å²) >= 11 is 17.4. The lowest BCUT2D eigenvalue weighted by Gasteiger charge is -2.14. The molecule has 8 heteroatoms. The first-order valence-corrected chi connectivity index (χ1v) is 7.92. The molecular weight excluding hydrogens is 377 g/mol. The smallest absolute Gasteiger partial charge is 0.343 e. The monoisotopic (exact) mass is 387 g/mol. The van der Waals surface area contributed by atoms with E-state index in [1.54, 1.807) is 18.2 Å². The summed E-state index contributed by atoms with van der Waals surface area (Å²) in [7, 11) is 0. The number of rotatable bonds is 4. The number of halogens is 3. The Morgan fingerprint density at radius 1 is 1.17 bits per heavy atom. The molecule has 0 bridgehead atoms. The fourth-order valence-corrected chi connectivity index (χ4v) is 2.43. The number of nitrogens with zero attached hydrogens (tertiary/aromatic N) is 1. The van der Waals surface area contributed by atoms with E-state index in [4.69, 9.17) is 39.5 Å². The SMILES string of the molecule is Cc1ccc(OC(=O)c2ccc([N+](=O)[O-])cc2)cc1CC(Cl)(Cl)Cl. The van der Waals surface area contributed by atoms with Gasteiger partial charge < -0.3 is 4.74 Å². The Morgan fingerprint density at radius 2 is 1.79 bits per heavy atom. The Balaban J connectivity index is 2.16. The van der Waals surface area contributed by atoms with Gasteiger partial charge >= 0.3 is 5.97 Å². The average molecular weight is 389 g/mol. The van der Waals surface area contributed by atoms with Gasteiger partial charge in [0, 0.05) is 18.6 Å². The lowest BCUT2D eigenvalue weighted by atomic mass is 10.1. The maximum atomic E-state index is 12.1. The van der Waals surface area contributed by atoms with Crippen LogP contribution < -0.4 is 4.74 Å². The second-order valence-corrected chi connectivity index (χ2v) is 7.59.